The molecule has 11 heteroatoms. The molecule has 3 aromatic carbocycles. The number of nitrogens with one attached hydrogen (secondary N) is 3. The molecular formula is C35H34N8O3. The van der Waals surface area contributed by atoms with Crippen LogP contribution in [0.15, 0.2) is 104 Å². The van der Waals surface area contributed by atoms with E-state index in [0.29, 0.717) is 41.2 Å². The lowest BCUT2D eigenvalue weighted by atomic mass is 9.92. The lowest BCUT2D eigenvalue weighted by Gasteiger charge is -2.15. The average Bonchev–Trinajstić information content (AvgIpc) is 3.49. The Morgan fingerprint density at radius 1 is 0.848 bits per heavy atom. The molecule has 0 radical (unpaired) electrons. The molecule has 3 aromatic heterocycles. The maximum absolute atomic E-state index is 13.4. The number of pyridine rings is 1. The van der Waals surface area contributed by atoms with Gasteiger partial charge in [-0.15, -0.1) is 0 Å². The highest BCUT2D eigenvalue weighted by Gasteiger charge is 2.22. The maximum Gasteiger partial charge on any atom is 0.324 e. The molecule has 2 amide bonds. The molecule has 0 unspecified atom stereocenters. The Morgan fingerprint density at radius 2 is 1.67 bits per heavy atom. The van der Waals surface area contributed by atoms with Crippen LogP contribution in [0.2, 0.25) is 0 Å². The van der Waals surface area contributed by atoms with Gasteiger partial charge in [0.05, 0.1) is 30.4 Å². The van der Waals surface area contributed by atoms with Crippen molar-refractivity contribution in [1.29, 1.82) is 0 Å². The zero-order chi connectivity index (χ0) is 32.1. The van der Waals surface area contributed by atoms with Gasteiger partial charge < -0.3 is 20.1 Å². The lowest BCUT2D eigenvalue weighted by Crippen LogP contribution is -2.21. The van der Waals surface area contributed by atoms with Crippen LogP contribution < -0.4 is 25.4 Å². The summed E-state index contributed by atoms with van der Waals surface area (Å²) in [5, 5.41) is 15.7. The molecule has 0 atom stereocenters. The normalized spacial score (nSPS) is 11.2. The summed E-state index contributed by atoms with van der Waals surface area (Å²) < 4.78 is 13.4. The molecular weight excluding hydrogens is 580 g/mol. The number of aromatic nitrogens is 5. The first-order valence-corrected chi connectivity index (χ1v) is 14.7. The van der Waals surface area contributed by atoms with Gasteiger partial charge in [0.1, 0.15) is 35.6 Å². The fraction of sp³-hybridized carbons (Fsp3) is 0.171. The second-order valence-corrected chi connectivity index (χ2v) is 11.6. The zero-order valence-corrected chi connectivity index (χ0v) is 26.0. The Labute approximate surface area is 266 Å². The predicted molar refractivity (Wildman–Crippen MR) is 179 cm³/mol. The van der Waals surface area contributed by atoms with Crippen LogP contribution in [0.5, 0.6) is 11.5 Å². The van der Waals surface area contributed by atoms with Crippen molar-refractivity contribution in [2.75, 3.05) is 23.1 Å². The molecule has 0 aliphatic rings. The van der Waals surface area contributed by atoms with Crippen LogP contribution in [0.4, 0.5) is 27.9 Å². The molecule has 3 heterocycles. The minimum absolute atomic E-state index is 0.228. The van der Waals surface area contributed by atoms with Crippen molar-refractivity contribution in [3.8, 4) is 17.2 Å². The minimum atomic E-state index is -0.400. The molecule has 3 N–H and O–H groups in total. The van der Waals surface area contributed by atoms with Gasteiger partial charge in [0.15, 0.2) is 0 Å². The summed E-state index contributed by atoms with van der Waals surface area (Å²) in [4.78, 5) is 26.1. The fourth-order valence-corrected chi connectivity index (χ4v) is 4.84. The number of carbonyl (C=O) groups excluding carboxylic acids is 1. The van der Waals surface area contributed by atoms with E-state index < -0.39 is 6.03 Å². The first-order valence-electron chi connectivity index (χ1n) is 14.7. The Hall–Kier alpha value is -5.97. The Kier molecular flexibility index (Phi) is 8.46. The van der Waals surface area contributed by atoms with Gasteiger partial charge in [-0.25, -0.2) is 19.4 Å². The highest BCUT2D eigenvalue weighted by molar-refractivity contribution is 6.07. The number of amides is 2. The molecule has 0 saturated heterocycles. The standard InChI is InChI=1S/C35H34N8O3/c1-35(2,3)30-20-33(43(42-30)24-8-7-9-25(19-24)45-4)41-34(44)39-28-12-13-29(27-11-6-5-10-26(27)28)46-22-23-14-15-37-31(18-23)40-32-21-36-16-17-38-32/h5-21H,22H2,1-4H3,(H,37,38,40)(H2,39,41,44). The van der Waals surface area contributed by atoms with Crippen LogP contribution in [0.3, 0.4) is 0 Å². The molecule has 232 valence electrons. The van der Waals surface area contributed by atoms with Gasteiger partial charge in [-0.3, -0.25) is 10.3 Å². The number of hydrogen-bond acceptors (Lipinski definition) is 8. The van der Waals surface area contributed by atoms with Gasteiger partial charge >= 0.3 is 6.03 Å². The summed E-state index contributed by atoms with van der Waals surface area (Å²) in [5.41, 5.74) is 2.94. The summed E-state index contributed by atoms with van der Waals surface area (Å²) in [5.74, 6) is 3.15. The molecule has 0 fully saturated rings. The molecule has 0 spiro atoms. The number of fused-ring (bicyclic) bond motifs is 1. The van der Waals surface area contributed by atoms with Crippen molar-refractivity contribution in [3.63, 3.8) is 0 Å². The molecule has 0 aliphatic carbocycles. The number of anilines is 4. The number of ether oxygens (including phenoxy) is 2. The van der Waals surface area contributed by atoms with Gasteiger partial charge in [0, 0.05) is 46.9 Å². The quantitative estimate of drug-likeness (QED) is 0.153. The van der Waals surface area contributed by atoms with E-state index in [-0.39, 0.29) is 5.41 Å². The Morgan fingerprint density at radius 3 is 2.46 bits per heavy atom. The van der Waals surface area contributed by atoms with Crippen molar-refractivity contribution >= 4 is 39.9 Å². The van der Waals surface area contributed by atoms with Gasteiger partial charge in [0.25, 0.3) is 0 Å². The maximum atomic E-state index is 13.4. The molecule has 46 heavy (non-hydrogen) atoms. The van der Waals surface area contributed by atoms with Crippen LogP contribution in [0, 0.1) is 0 Å². The van der Waals surface area contributed by atoms with Crippen molar-refractivity contribution in [2.24, 2.45) is 0 Å². The van der Waals surface area contributed by atoms with Crippen molar-refractivity contribution < 1.29 is 14.3 Å². The zero-order valence-electron chi connectivity index (χ0n) is 26.0. The SMILES string of the molecule is COc1cccc(-n2nc(C(C)(C)C)cc2NC(=O)Nc2ccc(OCc3ccnc(Nc4cnccn4)c3)c3ccccc23)c1. The van der Waals surface area contributed by atoms with Crippen molar-refractivity contribution in [2.45, 2.75) is 32.8 Å². The molecule has 11 nitrogen and oxygen atoms in total. The summed E-state index contributed by atoms with van der Waals surface area (Å²) >= 11 is 0. The molecule has 6 rings (SSSR count). The number of carbonyl (C=O) groups is 1. The third-order valence-electron chi connectivity index (χ3n) is 7.19. The van der Waals surface area contributed by atoms with Gasteiger partial charge in [-0.05, 0) is 42.0 Å². The molecule has 0 bridgehead atoms. The second kappa shape index (κ2) is 12.9. The van der Waals surface area contributed by atoms with E-state index in [1.165, 1.54) is 0 Å². The number of urea groups is 1. The Bertz CT molecular complexity index is 1990. The van der Waals surface area contributed by atoms with Crippen molar-refractivity contribution in [1.82, 2.24) is 24.7 Å². The lowest BCUT2D eigenvalue weighted by molar-refractivity contribution is 0.262. The van der Waals surface area contributed by atoms with Crippen LogP contribution >= 0.6 is 0 Å². The topological polar surface area (TPSA) is 128 Å². The first-order chi connectivity index (χ1) is 22.3. The third kappa shape index (κ3) is 6.88. The number of nitrogens with zero attached hydrogens (tertiary/aromatic N) is 5. The highest BCUT2D eigenvalue weighted by atomic mass is 16.5. The fourth-order valence-electron chi connectivity index (χ4n) is 4.84. The van der Waals surface area contributed by atoms with Gasteiger partial charge in [0.2, 0.25) is 0 Å². The van der Waals surface area contributed by atoms with Crippen LogP contribution in [0.25, 0.3) is 16.5 Å². The number of methoxy groups -OCH3 is 1. The van der Waals surface area contributed by atoms with E-state index in [2.05, 4.69) is 51.7 Å². The van der Waals surface area contributed by atoms with Crippen LogP contribution in [0.1, 0.15) is 32.0 Å². The van der Waals surface area contributed by atoms with E-state index in [4.69, 9.17) is 14.6 Å². The highest BCUT2D eigenvalue weighted by Crippen LogP contribution is 2.33. The smallest absolute Gasteiger partial charge is 0.324 e. The van der Waals surface area contributed by atoms with Gasteiger partial charge in [-0.2, -0.15) is 5.10 Å². The van der Waals surface area contributed by atoms with Crippen LogP contribution in [-0.2, 0) is 12.0 Å². The van der Waals surface area contributed by atoms with Crippen LogP contribution in [-0.4, -0.2) is 37.9 Å². The predicted octanol–water partition coefficient (Wildman–Crippen LogP) is 7.48. The summed E-state index contributed by atoms with van der Waals surface area (Å²) in [6.45, 7) is 6.55. The van der Waals surface area contributed by atoms with E-state index in [1.807, 2.05) is 78.9 Å². The van der Waals surface area contributed by atoms with Gasteiger partial charge in [-0.1, -0.05) is 51.1 Å². The number of benzene rings is 3. The monoisotopic (exact) mass is 614 g/mol. The molecule has 0 aliphatic heterocycles. The van der Waals surface area contributed by atoms with E-state index in [1.54, 1.807) is 36.6 Å². The molecule has 0 saturated carbocycles. The number of hydrogen-bond donors (Lipinski definition) is 3. The number of rotatable bonds is 9. The third-order valence-corrected chi connectivity index (χ3v) is 7.19. The van der Waals surface area contributed by atoms with E-state index in [0.717, 1.165) is 27.7 Å². The summed E-state index contributed by atoms with van der Waals surface area (Å²) in [7, 11) is 1.62. The Balaban J connectivity index is 1.20. The first kappa shape index (κ1) is 30.1. The summed E-state index contributed by atoms with van der Waals surface area (Å²) in [6.07, 6.45) is 6.57. The largest absolute Gasteiger partial charge is 0.497 e. The summed E-state index contributed by atoms with van der Waals surface area (Å²) in [6, 6.07) is 24.3. The van der Waals surface area contributed by atoms with E-state index >= 15 is 0 Å². The average molecular weight is 615 g/mol. The van der Waals surface area contributed by atoms with E-state index in [9.17, 15) is 4.79 Å². The molecule has 6 aromatic rings. The van der Waals surface area contributed by atoms with Crippen molar-refractivity contribution in [3.05, 3.63) is 115 Å². The second-order valence-electron chi connectivity index (χ2n) is 11.6. The minimum Gasteiger partial charge on any atom is -0.497 e.